The van der Waals surface area contributed by atoms with E-state index in [0.717, 1.165) is 17.0 Å². The van der Waals surface area contributed by atoms with Crippen molar-refractivity contribution < 1.29 is 9.59 Å². The highest BCUT2D eigenvalue weighted by atomic mass is 35.5. The molecular formula is C24H25ClN4O2. The van der Waals surface area contributed by atoms with Crippen LogP contribution in [0.4, 0.5) is 0 Å². The molecule has 1 saturated heterocycles. The third-order valence-corrected chi connectivity index (χ3v) is 5.94. The van der Waals surface area contributed by atoms with Gasteiger partial charge in [0.25, 0.3) is 0 Å². The van der Waals surface area contributed by atoms with Crippen LogP contribution in [-0.2, 0) is 23.2 Å². The second kappa shape index (κ2) is 8.94. The first-order chi connectivity index (χ1) is 14.9. The Morgan fingerprint density at radius 2 is 1.90 bits per heavy atom. The Labute approximate surface area is 186 Å². The van der Waals surface area contributed by atoms with Crippen LogP contribution in [0.1, 0.15) is 35.0 Å². The molecule has 2 aromatic carbocycles. The first-order valence-electron chi connectivity index (χ1n) is 10.3. The van der Waals surface area contributed by atoms with E-state index in [4.69, 9.17) is 11.6 Å². The fourth-order valence-corrected chi connectivity index (χ4v) is 4.01. The number of likely N-dealkylation sites (tertiary alicyclic amines) is 1. The van der Waals surface area contributed by atoms with Gasteiger partial charge in [-0.15, -0.1) is 0 Å². The summed E-state index contributed by atoms with van der Waals surface area (Å²) >= 11 is 6.04. The number of hydrogen-bond donors (Lipinski definition) is 1. The van der Waals surface area contributed by atoms with Crippen LogP contribution in [-0.4, -0.2) is 32.8 Å². The number of halogens is 1. The van der Waals surface area contributed by atoms with Gasteiger partial charge in [0.1, 0.15) is 11.9 Å². The number of carbonyl (C=O) groups excluding carboxylic acids is 2. The van der Waals surface area contributed by atoms with Crippen LogP contribution in [0.3, 0.4) is 0 Å². The number of carbonyl (C=O) groups is 2. The molecule has 0 aliphatic carbocycles. The van der Waals surface area contributed by atoms with Gasteiger partial charge in [0.15, 0.2) is 0 Å². The van der Waals surface area contributed by atoms with E-state index in [2.05, 4.69) is 10.3 Å². The van der Waals surface area contributed by atoms with Gasteiger partial charge in [0, 0.05) is 44.0 Å². The lowest BCUT2D eigenvalue weighted by Gasteiger charge is -2.21. The van der Waals surface area contributed by atoms with E-state index in [1.54, 1.807) is 23.2 Å². The van der Waals surface area contributed by atoms with Crippen LogP contribution in [0.5, 0.6) is 0 Å². The minimum absolute atomic E-state index is 0.000703. The van der Waals surface area contributed by atoms with Gasteiger partial charge in [-0.25, -0.2) is 4.98 Å². The van der Waals surface area contributed by atoms with Crippen LogP contribution in [0.2, 0.25) is 5.02 Å². The molecule has 4 rings (SSSR count). The highest BCUT2D eigenvalue weighted by Crippen LogP contribution is 2.25. The number of amides is 2. The molecule has 0 saturated carbocycles. The quantitative estimate of drug-likeness (QED) is 0.641. The van der Waals surface area contributed by atoms with E-state index < -0.39 is 12.0 Å². The van der Waals surface area contributed by atoms with E-state index in [9.17, 15) is 9.59 Å². The number of nitrogens with one attached hydrogen (secondary N) is 1. The second-order valence-corrected chi connectivity index (χ2v) is 8.49. The van der Waals surface area contributed by atoms with Gasteiger partial charge in [-0.05, 0) is 30.2 Å². The molecule has 1 aliphatic rings. The maximum atomic E-state index is 13.1. The lowest BCUT2D eigenvalue weighted by molar-refractivity contribution is -0.129. The predicted octanol–water partition coefficient (Wildman–Crippen LogP) is 3.64. The third kappa shape index (κ3) is 4.80. The summed E-state index contributed by atoms with van der Waals surface area (Å²) in [7, 11) is 1.89. The molecule has 31 heavy (non-hydrogen) atoms. The summed E-state index contributed by atoms with van der Waals surface area (Å²) in [4.78, 5) is 31.9. The molecule has 160 valence electrons. The molecule has 1 aromatic heterocycles. The number of hydrogen-bond acceptors (Lipinski definition) is 3. The summed E-state index contributed by atoms with van der Waals surface area (Å²) in [6.45, 7) is 2.96. The Balaban J connectivity index is 1.48. The topological polar surface area (TPSA) is 67.2 Å². The maximum absolute atomic E-state index is 13.1. The molecule has 0 bridgehead atoms. The normalized spacial score (nSPS) is 17.1. The molecular weight excluding hydrogens is 412 g/mol. The van der Waals surface area contributed by atoms with E-state index >= 15 is 0 Å². The summed E-state index contributed by atoms with van der Waals surface area (Å²) in [6.07, 6.45) is 3.76. The number of benzene rings is 2. The second-order valence-electron chi connectivity index (χ2n) is 8.05. The highest BCUT2D eigenvalue weighted by Gasteiger charge is 2.35. The summed E-state index contributed by atoms with van der Waals surface area (Å²) in [6, 6.07) is 15.0. The van der Waals surface area contributed by atoms with Crippen molar-refractivity contribution in [3.05, 3.63) is 88.5 Å². The van der Waals surface area contributed by atoms with Gasteiger partial charge in [0.05, 0.1) is 5.92 Å². The number of aryl methyl sites for hydroxylation is 2. The van der Waals surface area contributed by atoms with E-state index in [0.29, 0.717) is 18.1 Å². The zero-order valence-corrected chi connectivity index (χ0v) is 18.3. The summed E-state index contributed by atoms with van der Waals surface area (Å²) in [5.74, 6) is 0.174. The van der Waals surface area contributed by atoms with Crippen molar-refractivity contribution in [2.75, 3.05) is 6.54 Å². The van der Waals surface area contributed by atoms with Crippen molar-refractivity contribution in [1.29, 1.82) is 0 Å². The summed E-state index contributed by atoms with van der Waals surface area (Å²) in [5, 5.41) is 3.73. The zero-order valence-electron chi connectivity index (χ0n) is 17.6. The Hall–Kier alpha value is -3.12. The zero-order chi connectivity index (χ0) is 22.0. The van der Waals surface area contributed by atoms with Crippen LogP contribution in [0, 0.1) is 12.8 Å². The molecule has 6 nitrogen and oxygen atoms in total. The fourth-order valence-electron chi connectivity index (χ4n) is 3.88. The first-order valence-corrected chi connectivity index (χ1v) is 10.6. The van der Waals surface area contributed by atoms with Gasteiger partial charge in [-0.3, -0.25) is 9.59 Å². The number of aromatic nitrogens is 2. The van der Waals surface area contributed by atoms with Crippen molar-refractivity contribution in [2.24, 2.45) is 13.0 Å². The molecule has 1 aliphatic heterocycles. The predicted molar refractivity (Wildman–Crippen MR) is 119 cm³/mol. The van der Waals surface area contributed by atoms with Crippen LogP contribution in [0.15, 0.2) is 60.9 Å². The molecule has 2 unspecified atom stereocenters. The average molecular weight is 437 g/mol. The molecule has 1 fully saturated rings. The van der Waals surface area contributed by atoms with Crippen molar-refractivity contribution in [1.82, 2.24) is 19.8 Å². The van der Waals surface area contributed by atoms with Crippen molar-refractivity contribution in [3.63, 3.8) is 0 Å². The lowest BCUT2D eigenvalue weighted by atomic mass is 10.0. The largest absolute Gasteiger partial charge is 0.342 e. The monoisotopic (exact) mass is 436 g/mol. The van der Waals surface area contributed by atoms with Crippen molar-refractivity contribution in [3.8, 4) is 0 Å². The van der Waals surface area contributed by atoms with Gasteiger partial charge in [-0.1, -0.05) is 53.6 Å². The molecule has 2 amide bonds. The fraction of sp³-hybridized carbons (Fsp3) is 0.292. The number of nitrogens with zero attached hydrogens (tertiary/aromatic N) is 3. The minimum Gasteiger partial charge on any atom is -0.342 e. The molecule has 7 heteroatoms. The smallest absolute Gasteiger partial charge is 0.226 e. The van der Waals surface area contributed by atoms with Crippen LogP contribution in [0.25, 0.3) is 0 Å². The van der Waals surface area contributed by atoms with E-state index in [1.165, 1.54) is 5.56 Å². The van der Waals surface area contributed by atoms with E-state index in [1.807, 2.05) is 61.1 Å². The summed E-state index contributed by atoms with van der Waals surface area (Å²) < 4.78 is 1.88. The lowest BCUT2D eigenvalue weighted by Crippen LogP contribution is -2.37. The minimum atomic E-state index is -0.425. The maximum Gasteiger partial charge on any atom is 0.226 e. The van der Waals surface area contributed by atoms with Gasteiger partial charge >= 0.3 is 0 Å². The van der Waals surface area contributed by atoms with Crippen molar-refractivity contribution in [2.45, 2.75) is 25.9 Å². The Morgan fingerprint density at radius 3 is 2.55 bits per heavy atom. The standard InChI is InChI=1S/C24H25ClN4O2/c1-16-3-5-17(6-4-16)14-29-15-19(13-21(29)30)24(31)27-22(23-26-11-12-28(23)2)18-7-9-20(25)10-8-18/h3-12,19,22H,13-15H2,1-2H3,(H,27,31). The highest BCUT2D eigenvalue weighted by molar-refractivity contribution is 6.30. The van der Waals surface area contributed by atoms with Crippen LogP contribution >= 0.6 is 11.6 Å². The number of imidazole rings is 1. The average Bonchev–Trinajstić information content (AvgIpc) is 3.34. The van der Waals surface area contributed by atoms with Gasteiger partial charge in [-0.2, -0.15) is 0 Å². The third-order valence-electron chi connectivity index (χ3n) is 5.69. The first kappa shape index (κ1) is 21.1. The molecule has 3 aromatic rings. The molecule has 2 heterocycles. The van der Waals surface area contributed by atoms with E-state index in [-0.39, 0.29) is 18.2 Å². The Kier molecular flexibility index (Phi) is 6.09. The molecule has 2 atom stereocenters. The molecule has 0 radical (unpaired) electrons. The van der Waals surface area contributed by atoms with Crippen molar-refractivity contribution >= 4 is 23.4 Å². The Morgan fingerprint density at radius 1 is 1.19 bits per heavy atom. The SMILES string of the molecule is Cc1ccc(CN2CC(C(=O)NC(c3ccc(Cl)cc3)c3nccn3C)CC2=O)cc1. The van der Waals surface area contributed by atoms with Gasteiger partial charge in [0.2, 0.25) is 11.8 Å². The van der Waals surface area contributed by atoms with Gasteiger partial charge < -0.3 is 14.8 Å². The number of rotatable bonds is 6. The summed E-state index contributed by atoms with van der Waals surface area (Å²) in [5.41, 5.74) is 3.12. The van der Waals surface area contributed by atoms with Crippen LogP contribution < -0.4 is 5.32 Å². The Bertz CT molecular complexity index is 1080. The molecule has 1 N–H and O–H groups in total. The molecule has 0 spiro atoms.